The number of allylic oxidation sites excluding steroid dienone is 4. The SMILES string of the molecule is CCCCN(CCCC)c1ccc(/C=C/C2=C(O)C(=C\C3=[N+](CCCC)c4ccc(-c5ccc(/C=C(\C#N)C(=O)O)c6nsnc56)cc4C3(C)C)/C2=O)cc1. The normalized spacial score (nSPS) is 16.0. The number of Topliss-reactive ketones (excluding diaryl/α,β-unsaturated/α-hetero) is 1. The van der Waals surface area contributed by atoms with Crippen molar-refractivity contribution >= 4 is 63.8 Å². The molecule has 1 aromatic heterocycles. The van der Waals surface area contributed by atoms with Crippen LogP contribution in [0, 0.1) is 11.3 Å². The number of benzene rings is 3. The third-order valence-corrected chi connectivity index (χ3v) is 11.1. The Kier molecular flexibility index (Phi) is 11.9. The molecule has 2 N–H and O–H groups in total. The number of unbranched alkanes of at least 4 members (excludes halogenated alkanes) is 3. The molecule has 0 fully saturated rings. The van der Waals surface area contributed by atoms with E-state index in [2.05, 4.69) is 89.2 Å². The Bertz CT molecular complexity index is 2330. The summed E-state index contributed by atoms with van der Waals surface area (Å²) < 4.78 is 11.2. The largest absolute Gasteiger partial charge is 0.506 e. The lowest BCUT2D eigenvalue weighted by molar-refractivity contribution is -0.438. The molecule has 0 unspecified atom stereocenters. The summed E-state index contributed by atoms with van der Waals surface area (Å²) in [7, 11) is 0. The van der Waals surface area contributed by atoms with Crippen LogP contribution in [0.25, 0.3) is 34.3 Å². The van der Waals surface area contributed by atoms with Crippen LogP contribution >= 0.6 is 11.7 Å². The van der Waals surface area contributed by atoms with Crippen molar-refractivity contribution in [3.63, 3.8) is 0 Å². The van der Waals surface area contributed by atoms with Gasteiger partial charge in [-0.05, 0) is 74.2 Å². The Morgan fingerprint density at radius 1 is 0.945 bits per heavy atom. The number of nitrogens with zero attached hydrogens (tertiary/aromatic N) is 5. The molecule has 0 amide bonds. The van der Waals surface area contributed by atoms with Crippen LogP contribution in [0.15, 0.2) is 89.2 Å². The summed E-state index contributed by atoms with van der Waals surface area (Å²) >= 11 is 1.03. The number of carboxylic acids is 1. The molecule has 4 aromatic rings. The number of anilines is 1. The molecule has 0 bridgehead atoms. The van der Waals surface area contributed by atoms with Crippen molar-refractivity contribution in [3.8, 4) is 17.2 Å². The van der Waals surface area contributed by atoms with Gasteiger partial charge < -0.3 is 15.1 Å². The number of nitriles is 1. The Morgan fingerprint density at radius 2 is 1.64 bits per heavy atom. The molecule has 55 heavy (non-hydrogen) atoms. The topological polar surface area (TPSA) is 130 Å². The molecule has 2 heterocycles. The lowest BCUT2D eigenvalue weighted by atomic mass is 9.78. The lowest BCUT2D eigenvalue weighted by Crippen LogP contribution is -2.31. The van der Waals surface area contributed by atoms with Crippen LogP contribution in [-0.4, -0.2) is 60.6 Å². The van der Waals surface area contributed by atoms with Gasteiger partial charge in [-0.1, -0.05) is 70.4 Å². The van der Waals surface area contributed by atoms with Gasteiger partial charge in [-0.3, -0.25) is 4.79 Å². The van der Waals surface area contributed by atoms with E-state index in [4.69, 9.17) is 0 Å². The number of ketones is 1. The fourth-order valence-corrected chi connectivity index (χ4v) is 7.89. The van der Waals surface area contributed by atoms with E-state index in [0.717, 1.165) is 104 Å². The molecule has 6 rings (SSSR count). The van der Waals surface area contributed by atoms with Crippen LogP contribution in [0.1, 0.15) is 89.8 Å². The second-order valence-electron chi connectivity index (χ2n) is 14.7. The van der Waals surface area contributed by atoms with Gasteiger partial charge in [-0.25, -0.2) is 4.79 Å². The van der Waals surface area contributed by atoms with Crippen molar-refractivity contribution < 1.29 is 24.4 Å². The molecule has 0 radical (unpaired) electrons. The van der Waals surface area contributed by atoms with Gasteiger partial charge in [0.25, 0.3) is 0 Å². The predicted octanol–water partition coefficient (Wildman–Crippen LogP) is 9.97. The van der Waals surface area contributed by atoms with Gasteiger partial charge >= 0.3 is 5.97 Å². The van der Waals surface area contributed by atoms with Crippen LogP contribution in [0.5, 0.6) is 0 Å². The minimum Gasteiger partial charge on any atom is -0.506 e. The first-order valence-corrected chi connectivity index (χ1v) is 19.9. The van der Waals surface area contributed by atoms with Crippen molar-refractivity contribution in [1.82, 2.24) is 8.75 Å². The highest BCUT2D eigenvalue weighted by atomic mass is 32.1. The summed E-state index contributed by atoms with van der Waals surface area (Å²) in [4.78, 5) is 27.5. The van der Waals surface area contributed by atoms with E-state index in [9.17, 15) is 25.1 Å². The van der Waals surface area contributed by atoms with E-state index in [0.29, 0.717) is 27.7 Å². The molecule has 0 atom stereocenters. The van der Waals surface area contributed by atoms with Crippen LogP contribution in [0.2, 0.25) is 0 Å². The highest BCUT2D eigenvalue weighted by Crippen LogP contribution is 2.44. The molecule has 10 heteroatoms. The van der Waals surface area contributed by atoms with E-state index in [1.54, 1.807) is 18.2 Å². The Balaban J connectivity index is 1.29. The molecule has 0 spiro atoms. The molecule has 0 saturated carbocycles. The van der Waals surface area contributed by atoms with Gasteiger partial charge in [-0.15, -0.1) is 0 Å². The summed E-state index contributed by atoms with van der Waals surface area (Å²) in [5.41, 5.74) is 8.39. The molecule has 2 aliphatic rings. The van der Waals surface area contributed by atoms with Crippen LogP contribution in [0.3, 0.4) is 0 Å². The molecule has 282 valence electrons. The number of carbonyl (C=O) groups is 2. The maximum absolute atomic E-state index is 13.6. The number of aromatic nitrogens is 2. The zero-order valence-corrected chi connectivity index (χ0v) is 33.0. The molecule has 9 nitrogen and oxygen atoms in total. The summed E-state index contributed by atoms with van der Waals surface area (Å²) in [5, 5.41) is 29.9. The Morgan fingerprint density at radius 3 is 2.27 bits per heavy atom. The average molecular weight is 755 g/mol. The molecule has 1 aliphatic carbocycles. The van der Waals surface area contributed by atoms with Crippen LogP contribution in [0.4, 0.5) is 11.4 Å². The van der Waals surface area contributed by atoms with Gasteiger partial charge in [0.1, 0.15) is 35.0 Å². The van der Waals surface area contributed by atoms with E-state index < -0.39 is 11.4 Å². The summed E-state index contributed by atoms with van der Waals surface area (Å²) in [6.45, 7) is 13.7. The lowest BCUT2D eigenvalue weighted by Gasteiger charge is -2.24. The monoisotopic (exact) mass is 754 g/mol. The standard InChI is InChI=1S/C45H47N5O4S/c1-6-9-22-49(23-10-7-2)33-17-12-29(13-18-33)14-19-35-42(51)36(43(35)52)27-39-45(4,5)37-26-30(16-21-38(37)50(39)24-11-8-3)34-20-15-31(25-32(28-46)44(53)54)40-41(34)48-55-47-40/h12-21,25-27H,6-11,22-24H2,1-5H3,(H-,51,52,53,54)/p+1/b32-25+. The first-order chi connectivity index (χ1) is 26.5. The number of carbonyl (C=O) groups excluding carboxylic acids is 1. The van der Waals surface area contributed by atoms with E-state index >= 15 is 0 Å². The highest BCUT2D eigenvalue weighted by Gasteiger charge is 2.46. The third-order valence-electron chi connectivity index (χ3n) is 10.6. The van der Waals surface area contributed by atoms with Crippen molar-refractivity contribution in [2.24, 2.45) is 0 Å². The maximum atomic E-state index is 13.6. The minimum absolute atomic E-state index is 0.00794. The van der Waals surface area contributed by atoms with Crippen LogP contribution < -0.4 is 4.90 Å². The number of carboxylic acid groups (broad SMARTS) is 1. The van der Waals surface area contributed by atoms with Crippen LogP contribution in [-0.2, 0) is 15.0 Å². The molecule has 0 saturated heterocycles. The fraction of sp³-hybridized carbons (Fsp3) is 0.333. The van der Waals surface area contributed by atoms with Crippen molar-refractivity contribution in [1.29, 1.82) is 5.26 Å². The average Bonchev–Trinajstić information content (AvgIpc) is 3.76. The quantitative estimate of drug-likeness (QED) is 0.0657. The number of hydrogen-bond donors (Lipinski definition) is 2. The molecule has 1 aliphatic heterocycles. The number of rotatable bonds is 16. The number of aliphatic carboxylic acids is 1. The van der Waals surface area contributed by atoms with Gasteiger partial charge in [-0.2, -0.15) is 18.6 Å². The summed E-state index contributed by atoms with van der Waals surface area (Å²) in [5.74, 6) is -1.47. The van der Waals surface area contributed by atoms with E-state index in [1.165, 1.54) is 11.8 Å². The van der Waals surface area contributed by atoms with E-state index in [-0.39, 0.29) is 17.1 Å². The highest BCUT2D eigenvalue weighted by molar-refractivity contribution is 7.00. The summed E-state index contributed by atoms with van der Waals surface area (Å²) in [6, 6.07) is 20.1. The van der Waals surface area contributed by atoms with Gasteiger partial charge in [0.05, 0.1) is 28.3 Å². The fourth-order valence-electron chi connectivity index (χ4n) is 7.30. The zero-order chi connectivity index (χ0) is 39.3. The minimum atomic E-state index is -1.30. The Hall–Kier alpha value is -5.66. The van der Waals surface area contributed by atoms with Gasteiger partial charge in [0.2, 0.25) is 11.5 Å². The van der Waals surface area contributed by atoms with Crippen molar-refractivity contribution in [2.45, 2.75) is 78.6 Å². The number of hydrogen-bond acceptors (Lipinski definition) is 8. The van der Waals surface area contributed by atoms with E-state index in [1.807, 2.05) is 24.3 Å². The van der Waals surface area contributed by atoms with Crippen molar-refractivity contribution in [3.05, 3.63) is 106 Å². The number of aliphatic hydroxyl groups is 1. The first kappa shape index (κ1) is 39.0. The number of aliphatic hydroxyl groups excluding tert-OH is 1. The Labute approximate surface area is 327 Å². The molecular formula is C45H48N5O4S+. The van der Waals surface area contributed by atoms with Gasteiger partial charge in [0, 0.05) is 54.0 Å². The first-order valence-electron chi connectivity index (χ1n) is 19.2. The maximum Gasteiger partial charge on any atom is 0.346 e. The predicted molar refractivity (Wildman–Crippen MR) is 222 cm³/mol. The second-order valence-corrected chi connectivity index (χ2v) is 15.2. The summed E-state index contributed by atoms with van der Waals surface area (Å²) in [6.07, 6.45) is 13.3. The van der Waals surface area contributed by atoms with Gasteiger partial charge in [0.15, 0.2) is 5.71 Å². The third kappa shape index (κ3) is 7.80. The molecule has 3 aromatic carbocycles. The second kappa shape index (κ2) is 16.8. The number of fused-ring (bicyclic) bond motifs is 2. The van der Waals surface area contributed by atoms with Crippen molar-refractivity contribution in [2.75, 3.05) is 24.5 Å². The molecular weight excluding hydrogens is 707 g/mol. The zero-order valence-electron chi connectivity index (χ0n) is 32.2. The smallest absolute Gasteiger partial charge is 0.346 e.